The lowest BCUT2D eigenvalue weighted by atomic mass is 10.1. The van der Waals surface area contributed by atoms with Crippen LogP contribution in [0.1, 0.15) is 23.2 Å². The first kappa shape index (κ1) is 14.9. The highest BCUT2D eigenvalue weighted by atomic mass is 32.2. The number of aliphatic carboxylic acids is 1. The molecule has 0 atom stereocenters. The molecular formula is C12H11NO5S. The van der Waals surface area contributed by atoms with Crippen LogP contribution in [0.3, 0.4) is 0 Å². The number of Topliss-reactive ketones (excluding diaryl/α,β-unsaturated/α-hetero) is 1. The van der Waals surface area contributed by atoms with Crippen LogP contribution < -0.4 is 0 Å². The summed E-state index contributed by atoms with van der Waals surface area (Å²) >= 11 is 0. The Hall–Kier alpha value is -2.20. The van der Waals surface area contributed by atoms with Crippen LogP contribution in [-0.2, 0) is 14.6 Å². The first-order valence-electron chi connectivity index (χ1n) is 5.31. The average molecular weight is 281 g/mol. The van der Waals surface area contributed by atoms with Crippen molar-refractivity contribution in [2.24, 2.45) is 0 Å². The van der Waals surface area contributed by atoms with Crippen LogP contribution in [0.25, 0.3) is 0 Å². The number of nitriles is 1. The summed E-state index contributed by atoms with van der Waals surface area (Å²) in [7, 11) is -3.65. The lowest BCUT2D eigenvalue weighted by molar-refractivity contribution is -0.136. The molecule has 100 valence electrons. The monoisotopic (exact) mass is 281 g/mol. The van der Waals surface area contributed by atoms with E-state index in [-0.39, 0.29) is 29.1 Å². The fourth-order valence-electron chi connectivity index (χ4n) is 1.38. The van der Waals surface area contributed by atoms with E-state index in [4.69, 9.17) is 10.4 Å². The topological polar surface area (TPSA) is 112 Å². The second-order valence-corrected chi connectivity index (χ2v) is 5.75. The molecule has 0 aliphatic rings. The molecule has 0 unspecified atom stereocenters. The maximum Gasteiger partial charge on any atom is 0.303 e. The van der Waals surface area contributed by atoms with Crippen molar-refractivity contribution in [2.75, 3.05) is 5.75 Å². The van der Waals surface area contributed by atoms with Gasteiger partial charge in [-0.3, -0.25) is 9.59 Å². The number of sulfone groups is 1. The van der Waals surface area contributed by atoms with Crippen molar-refractivity contribution in [1.29, 1.82) is 5.26 Å². The van der Waals surface area contributed by atoms with Crippen LogP contribution >= 0.6 is 0 Å². The predicted octanol–water partition coefficient (Wildman–Crippen LogP) is 1.03. The van der Waals surface area contributed by atoms with Gasteiger partial charge in [-0.15, -0.1) is 0 Å². The molecule has 0 fully saturated rings. The second kappa shape index (κ2) is 6.11. The van der Waals surface area contributed by atoms with Gasteiger partial charge in [0.1, 0.15) is 5.75 Å². The molecule has 0 spiro atoms. The largest absolute Gasteiger partial charge is 0.481 e. The van der Waals surface area contributed by atoms with Crippen LogP contribution in [0.5, 0.6) is 0 Å². The van der Waals surface area contributed by atoms with Gasteiger partial charge in [-0.05, 0) is 12.1 Å². The third-order valence-electron chi connectivity index (χ3n) is 2.36. The molecule has 6 nitrogen and oxygen atoms in total. The van der Waals surface area contributed by atoms with Crippen LogP contribution in [0.4, 0.5) is 0 Å². The Balaban J connectivity index is 2.86. The fraction of sp³-hybridized carbons (Fsp3) is 0.250. The predicted molar refractivity (Wildman–Crippen MR) is 65.3 cm³/mol. The van der Waals surface area contributed by atoms with E-state index in [0.29, 0.717) is 0 Å². The first-order valence-corrected chi connectivity index (χ1v) is 6.97. The minimum Gasteiger partial charge on any atom is -0.481 e. The number of carbonyl (C=O) groups is 2. The number of carboxylic acid groups (broad SMARTS) is 1. The van der Waals surface area contributed by atoms with E-state index >= 15 is 0 Å². The van der Waals surface area contributed by atoms with E-state index in [1.54, 1.807) is 6.07 Å². The molecule has 0 radical (unpaired) electrons. The minimum absolute atomic E-state index is 0.0381. The number of benzene rings is 1. The molecule has 1 aromatic rings. The summed E-state index contributed by atoms with van der Waals surface area (Å²) in [4.78, 5) is 21.9. The van der Waals surface area contributed by atoms with Gasteiger partial charge < -0.3 is 5.11 Å². The summed E-state index contributed by atoms with van der Waals surface area (Å²) < 4.78 is 23.1. The molecule has 0 saturated carbocycles. The van der Waals surface area contributed by atoms with Crippen LogP contribution in [0.2, 0.25) is 0 Å². The Morgan fingerprint density at radius 3 is 2.21 bits per heavy atom. The molecule has 0 saturated heterocycles. The maximum absolute atomic E-state index is 11.6. The van der Waals surface area contributed by atoms with E-state index in [9.17, 15) is 18.0 Å². The van der Waals surface area contributed by atoms with E-state index in [1.807, 2.05) is 0 Å². The first-order chi connectivity index (χ1) is 8.86. The van der Waals surface area contributed by atoms with Crippen molar-refractivity contribution in [3.05, 3.63) is 29.8 Å². The van der Waals surface area contributed by atoms with Gasteiger partial charge in [0.15, 0.2) is 15.6 Å². The Morgan fingerprint density at radius 1 is 1.16 bits per heavy atom. The number of nitrogens with zero attached hydrogens (tertiary/aromatic N) is 1. The standard InChI is InChI=1S/C12H11NO5S/c13-7-8-19(17,18)10-3-1-9(2-4-10)11(14)5-6-12(15)16/h1-4H,5-6,8H2,(H,15,16). The van der Waals surface area contributed by atoms with Gasteiger partial charge in [-0.1, -0.05) is 12.1 Å². The number of carboxylic acids is 1. The molecule has 0 amide bonds. The molecule has 0 aliphatic carbocycles. The number of hydrogen-bond acceptors (Lipinski definition) is 5. The van der Waals surface area contributed by atoms with Crippen molar-refractivity contribution in [3.8, 4) is 6.07 Å². The molecular weight excluding hydrogens is 270 g/mol. The quantitative estimate of drug-likeness (QED) is 0.779. The van der Waals surface area contributed by atoms with Crippen molar-refractivity contribution in [1.82, 2.24) is 0 Å². The third kappa shape index (κ3) is 4.19. The van der Waals surface area contributed by atoms with Gasteiger partial charge in [0.05, 0.1) is 17.4 Å². The Morgan fingerprint density at radius 2 is 1.74 bits per heavy atom. The van der Waals surface area contributed by atoms with Crippen molar-refractivity contribution in [2.45, 2.75) is 17.7 Å². The molecule has 1 aromatic carbocycles. The lowest BCUT2D eigenvalue weighted by Crippen LogP contribution is -2.07. The van der Waals surface area contributed by atoms with E-state index < -0.39 is 21.6 Å². The molecule has 7 heteroatoms. The zero-order valence-corrected chi connectivity index (χ0v) is 10.7. The zero-order chi connectivity index (χ0) is 14.5. The van der Waals surface area contributed by atoms with Gasteiger partial charge >= 0.3 is 5.97 Å². The van der Waals surface area contributed by atoms with E-state index in [0.717, 1.165) is 0 Å². The number of carbonyl (C=O) groups excluding carboxylic acids is 1. The molecule has 0 aliphatic heterocycles. The molecule has 1 N–H and O–H groups in total. The highest BCUT2D eigenvalue weighted by Crippen LogP contribution is 2.14. The normalized spacial score (nSPS) is 10.7. The average Bonchev–Trinajstić information content (AvgIpc) is 2.36. The summed E-state index contributed by atoms with van der Waals surface area (Å²) in [6, 6.07) is 6.66. The Bertz CT molecular complexity index is 625. The minimum atomic E-state index is -3.65. The molecule has 0 aromatic heterocycles. The Labute approximate surface area is 110 Å². The summed E-state index contributed by atoms with van der Waals surface area (Å²) in [5, 5.41) is 16.8. The van der Waals surface area contributed by atoms with E-state index in [2.05, 4.69) is 0 Å². The van der Waals surface area contributed by atoms with Crippen molar-refractivity contribution < 1.29 is 23.1 Å². The van der Waals surface area contributed by atoms with Crippen LogP contribution in [0.15, 0.2) is 29.2 Å². The van der Waals surface area contributed by atoms with Crippen LogP contribution in [0, 0.1) is 11.3 Å². The smallest absolute Gasteiger partial charge is 0.303 e. The molecule has 19 heavy (non-hydrogen) atoms. The molecule has 1 rings (SSSR count). The maximum atomic E-state index is 11.6. The highest BCUT2D eigenvalue weighted by Gasteiger charge is 2.15. The fourth-order valence-corrected chi connectivity index (χ4v) is 2.27. The number of hydrogen-bond donors (Lipinski definition) is 1. The Kier molecular flexibility index (Phi) is 4.78. The lowest BCUT2D eigenvalue weighted by Gasteiger charge is -2.02. The number of ketones is 1. The summed E-state index contributed by atoms with van der Waals surface area (Å²) in [6.07, 6.45) is -0.410. The van der Waals surface area contributed by atoms with Gasteiger partial charge in [-0.2, -0.15) is 5.26 Å². The molecule has 0 bridgehead atoms. The summed E-state index contributed by atoms with van der Waals surface area (Å²) in [5.41, 5.74) is 0.247. The third-order valence-corrected chi connectivity index (χ3v) is 3.86. The van der Waals surface area contributed by atoms with Gasteiger partial charge in [0, 0.05) is 12.0 Å². The van der Waals surface area contributed by atoms with Crippen LogP contribution in [-0.4, -0.2) is 31.0 Å². The van der Waals surface area contributed by atoms with Gasteiger partial charge in [0.25, 0.3) is 0 Å². The SMILES string of the molecule is N#CCS(=O)(=O)c1ccc(C(=O)CCC(=O)O)cc1. The van der Waals surface area contributed by atoms with Gasteiger partial charge in [0.2, 0.25) is 0 Å². The number of rotatable bonds is 6. The second-order valence-electron chi connectivity index (χ2n) is 3.76. The summed E-state index contributed by atoms with van der Waals surface area (Å²) in [5.74, 6) is -2.06. The molecule has 0 heterocycles. The van der Waals surface area contributed by atoms with Gasteiger partial charge in [-0.25, -0.2) is 8.42 Å². The van der Waals surface area contributed by atoms with E-state index in [1.165, 1.54) is 24.3 Å². The summed E-state index contributed by atoms with van der Waals surface area (Å²) in [6.45, 7) is 0. The zero-order valence-electron chi connectivity index (χ0n) is 9.87. The highest BCUT2D eigenvalue weighted by molar-refractivity contribution is 7.91. The van der Waals surface area contributed by atoms with Crippen molar-refractivity contribution >= 4 is 21.6 Å². The van der Waals surface area contributed by atoms with Crippen molar-refractivity contribution in [3.63, 3.8) is 0 Å².